The molecule has 2 aliphatic heterocycles. The van der Waals surface area contributed by atoms with Gasteiger partial charge in [0.05, 0.1) is 36.3 Å². The minimum absolute atomic E-state index is 0.0322. The van der Waals surface area contributed by atoms with Crippen LogP contribution in [0.5, 0.6) is 0 Å². The van der Waals surface area contributed by atoms with Gasteiger partial charge in [-0.25, -0.2) is 0 Å². The molecule has 1 spiro atoms. The van der Waals surface area contributed by atoms with Gasteiger partial charge in [0, 0.05) is 17.4 Å². The lowest BCUT2D eigenvalue weighted by Gasteiger charge is -2.65. The third-order valence-corrected chi connectivity index (χ3v) is 7.96. The number of aliphatic hydroxyl groups is 1. The van der Waals surface area contributed by atoms with Crippen molar-refractivity contribution in [2.45, 2.75) is 63.9 Å². The van der Waals surface area contributed by atoms with Crippen molar-refractivity contribution in [1.82, 2.24) is 0 Å². The van der Waals surface area contributed by atoms with Crippen molar-refractivity contribution in [3.63, 3.8) is 0 Å². The predicted octanol–water partition coefficient (Wildman–Crippen LogP) is 3.76. The molecule has 0 amide bonds. The second-order valence-electron chi connectivity index (χ2n) is 8.63. The van der Waals surface area contributed by atoms with E-state index in [-0.39, 0.29) is 11.0 Å². The van der Waals surface area contributed by atoms with E-state index in [2.05, 4.69) is 26.8 Å². The van der Waals surface area contributed by atoms with Crippen molar-refractivity contribution in [3.05, 3.63) is 35.8 Å². The average Bonchev–Trinajstić information content (AvgIpc) is 3.14. The smallest absolute Gasteiger partial charge is 0.199 e. The van der Waals surface area contributed by atoms with Gasteiger partial charge in [-0.05, 0) is 38.2 Å². The molecule has 0 aromatic carbocycles. The normalized spacial score (nSPS) is 52.8. The highest BCUT2D eigenvalue weighted by atomic mass is 16.7. The first kappa shape index (κ1) is 15.2. The van der Waals surface area contributed by atoms with Crippen LogP contribution in [0, 0.1) is 16.7 Å². The van der Waals surface area contributed by atoms with Crippen LogP contribution in [0.1, 0.15) is 52.0 Å². The number of rotatable bonds is 1. The Morgan fingerprint density at radius 1 is 1.33 bits per heavy atom. The third kappa shape index (κ3) is 1.36. The van der Waals surface area contributed by atoms with Crippen LogP contribution in [-0.2, 0) is 15.3 Å². The Bertz CT molecular complexity index is 709. The van der Waals surface area contributed by atoms with E-state index >= 15 is 0 Å². The summed E-state index contributed by atoms with van der Waals surface area (Å²) in [6.45, 7) is 7.29. The zero-order valence-electron chi connectivity index (χ0n) is 14.7. The fourth-order valence-electron chi connectivity index (χ4n) is 6.48. The zero-order chi connectivity index (χ0) is 16.8. The molecule has 0 unspecified atom stereocenters. The van der Waals surface area contributed by atoms with Crippen molar-refractivity contribution in [2.75, 3.05) is 6.61 Å². The molecular weight excluding hydrogens is 304 g/mol. The Kier molecular flexibility index (Phi) is 2.75. The SMILES string of the molecule is CC1=CCC[C@@]23O[C@@]4(c5ccoc5)C[C@]2(C)[C@@H](C)C[C@@H](O)[C@@]13CO4. The first-order valence-corrected chi connectivity index (χ1v) is 9.12. The second-order valence-corrected chi connectivity index (χ2v) is 8.63. The molecule has 1 N–H and O–H groups in total. The zero-order valence-corrected chi connectivity index (χ0v) is 14.7. The van der Waals surface area contributed by atoms with E-state index in [1.807, 2.05) is 6.07 Å². The van der Waals surface area contributed by atoms with Crippen molar-refractivity contribution in [3.8, 4) is 0 Å². The highest BCUT2D eigenvalue weighted by Crippen LogP contribution is 2.75. The summed E-state index contributed by atoms with van der Waals surface area (Å²) in [7, 11) is 0. The van der Waals surface area contributed by atoms with Crippen molar-refractivity contribution in [2.24, 2.45) is 16.7 Å². The van der Waals surface area contributed by atoms with E-state index < -0.39 is 17.3 Å². The van der Waals surface area contributed by atoms with E-state index in [4.69, 9.17) is 13.9 Å². The maximum atomic E-state index is 11.2. The number of aliphatic hydroxyl groups excluding tert-OH is 1. The summed E-state index contributed by atoms with van der Waals surface area (Å²) in [5, 5.41) is 11.2. The minimum atomic E-state index is -0.735. The van der Waals surface area contributed by atoms with Crippen LogP contribution in [0.2, 0.25) is 0 Å². The van der Waals surface area contributed by atoms with Crippen molar-refractivity contribution >= 4 is 0 Å². The largest absolute Gasteiger partial charge is 0.472 e. The van der Waals surface area contributed by atoms with Crippen LogP contribution < -0.4 is 0 Å². The molecular formula is C20H26O4. The van der Waals surface area contributed by atoms with E-state index in [1.165, 1.54) is 5.57 Å². The molecule has 2 saturated heterocycles. The summed E-state index contributed by atoms with van der Waals surface area (Å²) >= 11 is 0. The summed E-state index contributed by atoms with van der Waals surface area (Å²) < 4.78 is 18.7. The lowest BCUT2D eigenvalue weighted by Crippen LogP contribution is -2.71. The molecule has 5 rings (SSSR count). The van der Waals surface area contributed by atoms with Gasteiger partial charge in [-0.1, -0.05) is 25.5 Å². The number of ether oxygens (including phenoxy) is 2. The molecule has 3 heterocycles. The van der Waals surface area contributed by atoms with Crippen LogP contribution in [-0.4, -0.2) is 23.4 Å². The number of furan rings is 1. The molecule has 0 radical (unpaired) electrons. The van der Waals surface area contributed by atoms with Gasteiger partial charge in [0.2, 0.25) is 0 Å². The summed E-state index contributed by atoms with van der Waals surface area (Å²) in [6.07, 6.45) is 8.87. The Morgan fingerprint density at radius 2 is 2.17 bits per heavy atom. The molecule has 3 fully saturated rings. The molecule has 2 bridgehead atoms. The van der Waals surface area contributed by atoms with Gasteiger partial charge in [0.25, 0.3) is 0 Å². The van der Waals surface area contributed by atoms with Gasteiger partial charge in [-0.3, -0.25) is 0 Å². The lowest BCUT2D eigenvalue weighted by atomic mass is 9.44. The number of fused-ring (bicyclic) bond motifs is 1. The van der Waals surface area contributed by atoms with Gasteiger partial charge in [0.1, 0.15) is 0 Å². The van der Waals surface area contributed by atoms with Gasteiger partial charge in [0.15, 0.2) is 5.79 Å². The fourth-order valence-corrected chi connectivity index (χ4v) is 6.48. The number of allylic oxidation sites excluding steroid dienone is 1. The van der Waals surface area contributed by atoms with E-state index in [0.29, 0.717) is 12.5 Å². The molecule has 1 aromatic heterocycles. The van der Waals surface area contributed by atoms with E-state index in [1.54, 1.807) is 12.5 Å². The Balaban J connectivity index is 1.77. The molecule has 6 atom stereocenters. The van der Waals surface area contributed by atoms with Crippen LogP contribution in [0.25, 0.3) is 0 Å². The van der Waals surface area contributed by atoms with Crippen LogP contribution in [0.3, 0.4) is 0 Å². The summed E-state index contributed by atoms with van der Waals surface area (Å²) in [5.41, 5.74) is 1.38. The standard InChI is InChI=1S/C20H26O4/c1-13-5-4-7-20-17(3)11-19(24-20,15-6-8-22-10-15)23-12-18(13,20)16(21)9-14(17)2/h5-6,8,10,14,16,21H,4,7,9,11-12H2,1-3H3/t14-,16+,17+,18+,19+,20+/m0/s1. The van der Waals surface area contributed by atoms with Crippen molar-refractivity contribution < 1.29 is 19.0 Å². The molecule has 1 saturated carbocycles. The summed E-state index contributed by atoms with van der Waals surface area (Å²) in [5.74, 6) is -0.358. The third-order valence-electron chi connectivity index (χ3n) is 7.96. The molecule has 130 valence electrons. The number of hydrogen-bond donors (Lipinski definition) is 1. The van der Waals surface area contributed by atoms with Crippen LogP contribution >= 0.6 is 0 Å². The molecule has 4 aliphatic rings. The molecule has 4 nitrogen and oxygen atoms in total. The first-order valence-electron chi connectivity index (χ1n) is 9.12. The highest BCUT2D eigenvalue weighted by Gasteiger charge is 2.79. The van der Waals surface area contributed by atoms with Crippen LogP contribution in [0.15, 0.2) is 34.7 Å². The molecule has 24 heavy (non-hydrogen) atoms. The molecule has 1 aromatic rings. The van der Waals surface area contributed by atoms with E-state index in [9.17, 15) is 5.11 Å². The predicted molar refractivity (Wildman–Crippen MR) is 88.1 cm³/mol. The topological polar surface area (TPSA) is 51.8 Å². The summed E-state index contributed by atoms with van der Waals surface area (Å²) in [6, 6.07) is 1.96. The van der Waals surface area contributed by atoms with E-state index in [0.717, 1.165) is 31.2 Å². The van der Waals surface area contributed by atoms with Gasteiger partial charge >= 0.3 is 0 Å². The summed E-state index contributed by atoms with van der Waals surface area (Å²) in [4.78, 5) is 0. The van der Waals surface area contributed by atoms with Crippen LogP contribution in [0.4, 0.5) is 0 Å². The Hall–Kier alpha value is -1.10. The average molecular weight is 330 g/mol. The minimum Gasteiger partial charge on any atom is -0.472 e. The first-order chi connectivity index (χ1) is 11.4. The maximum absolute atomic E-state index is 11.2. The quantitative estimate of drug-likeness (QED) is 0.797. The maximum Gasteiger partial charge on any atom is 0.199 e. The molecule has 2 aliphatic carbocycles. The monoisotopic (exact) mass is 330 g/mol. The van der Waals surface area contributed by atoms with Gasteiger partial charge < -0.3 is 19.0 Å². The van der Waals surface area contributed by atoms with Gasteiger partial charge in [-0.2, -0.15) is 0 Å². The van der Waals surface area contributed by atoms with Gasteiger partial charge in [-0.15, -0.1) is 0 Å². The lowest BCUT2D eigenvalue weighted by molar-refractivity contribution is -0.370. The fraction of sp³-hybridized carbons (Fsp3) is 0.700. The number of hydrogen-bond acceptors (Lipinski definition) is 4. The Labute approximate surface area is 142 Å². The Morgan fingerprint density at radius 3 is 2.92 bits per heavy atom. The highest BCUT2D eigenvalue weighted by molar-refractivity contribution is 5.37. The second kappa shape index (κ2) is 4.35. The van der Waals surface area contributed by atoms with Crippen molar-refractivity contribution in [1.29, 1.82) is 0 Å². The molecule has 4 heteroatoms.